The molecule has 0 spiro atoms. The molecule has 1 unspecified atom stereocenters. The van der Waals surface area contributed by atoms with E-state index in [1.54, 1.807) is 12.3 Å². The number of carbonyl (C=O) groups is 2. The average molecular weight is 312 g/mol. The molecule has 0 bridgehead atoms. The van der Waals surface area contributed by atoms with Gasteiger partial charge in [0.1, 0.15) is 11.9 Å². The van der Waals surface area contributed by atoms with Crippen LogP contribution in [-0.2, 0) is 9.59 Å². The minimum atomic E-state index is -0.506. The molecule has 2 heterocycles. The summed E-state index contributed by atoms with van der Waals surface area (Å²) in [5, 5.41) is 2.99. The van der Waals surface area contributed by atoms with Gasteiger partial charge in [-0.1, -0.05) is 0 Å². The topological polar surface area (TPSA) is 62.3 Å². The van der Waals surface area contributed by atoms with Gasteiger partial charge in [-0.3, -0.25) is 14.5 Å². The van der Waals surface area contributed by atoms with E-state index >= 15 is 0 Å². The van der Waals surface area contributed by atoms with E-state index in [0.717, 1.165) is 4.47 Å². The van der Waals surface area contributed by atoms with Gasteiger partial charge in [-0.25, -0.2) is 4.98 Å². The van der Waals surface area contributed by atoms with E-state index < -0.39 is 6.04 Å². The standard InChI is InChI=1S/C12H14BrN3O2/c1-7(2)16-11(17)5-9(12(16)18)15-10-4-3-8(13)6-14-10/h3-4,6-7,9H,5H2,1-2H3,(H,14,15). The highest BCUT2D eigenvalue weighted by atomic mass is 79.9. The normalized spacial score (nSPS) is 19.8. The number of halogens is 1. The predicted molar refractivity (Wildman–Crippen MR) is 71.0 cm³/mol. The Balaban J connectivity index is 2.10. The summed E-state index contributed by atoms with van der Waals surface area (Å²) in [6.45, 7) is 3.66. The van der Waals surface area contributed by atoms with Crippen molar-refractivity contribution in [3.63, 3.8) is 0 Å². The smallest absolute Gasteiger partial charge is 0.252 e. The molecule has 1 aliphatic rings. The lowest BCUT2D eigenvalue weighted by Gasteiger charge is -2.19. The van der Waals surface area contributed by atoms with Crippen LogP contribution >= 0.6 is 15.9 Å². The third kappa shape index (κ3) is 2.53. The molecule has 2 amide bonds. The number of pyridine rings is 1. The van der Waals surface area contributed by atoms with Crippen LogP contribution in [0.3, 0.4) is 0 Å². The number of likely N-dealkylation sites (tertiary alicyclic amines) is 1. The lowest BCUT2D eigenvalue weighted by Crippen LogP contribution is -2.39. The number of imide groups is 1. The molecule has 1 saturated heterocycles. The molecule has 0 radical (unpaired) electrons. The quantitative estimate of drug-likeness (QED) is 0.865. The van der Waals surface area contributed by atoms with E-state index in [0.29, 0.717) is 5.82 Å². The number of anilines is 1. The van der Waals surface area contributed by atoms with Gasteiger partial charge in [0.05, 0.1) is 6.42 Å². The number of rotatable bonds is 3. The summed E-state index contributed by atoms with van der Waals surface area (Å²) in [6, 6.07) is 2.99. The Labute approximate surface area is 114 Å². The second kappa shape index (κ2) is 5.06. The van der Waals surface area contributed by atoms with Crippen LogP contribution in [0.15, 0.2) is 22.8 Å². The van der Waals surface area contributed by atoms with Crippen molar-refractivity contribution < 1.29 is 9.59 Å². The Morgan fingerprint density at radius 2 is 2.17 bits per heavy atom. The van der Waals surface area contributed by atoms with Crippen LogP contribution < -0.4 is 5.32 Å². The number of aromatic nitrogens is 1. The maximum absolute atomic E-state index is 12.0. The van der Waals surface area contributed by atoms with Gasteiger partial charge < -0.3 is 5.32 Å². The molecule has 5 nitrogen and oxygen atoms in total. The SMILES string of the molecule is CC(C)N1C(=O)CC(Nc2ccc(Br)cn2)C1=O. The van der Waals surface area contributed by atoms with Crippen molar-refractivity contribution in [2.24, 2.45) is 0 Å². The van der Waals surface area contributed by atoms with E-state index in [-0.39, 0.29) is 24.3 Å². The lowest BCUT2D eigenvalue weighted by atomic mass is 10.2. The van der Waals surface area contributed by atoms with Gasteiger partial charge in [0.2, 0.25) is 5.91 Å². The molecule has 18 heavy (non-hydrogen) atoms. The highest BCUT2D eigenvalue weighted by Gasteiger charge is 2.39. The molecule has 96 valence electrons. The van der Waals surface area contributed by atoms with Gasteiger partial charge in [0.15, 0.2) is 0 Å². The molecule has 1 fully saturated rings. The highest BCUT2D eigenvalue weighted by molar-refractivity contribution is 9.10. The minimum absolute atomic E-state index is 0.102. The van der Waals surface area contributed by atoms with Crippen molar-refractivity contribution in [2.75, 3.05) is 5.32 Å². The summed E-state index contributed by atoms with van der Waals surface area (Å²) in [7, 11) is 0. The number of hydrogen-bond donors (Lipinski definition) is 1. The summed E-state index contributed by atoms with van der Waals surface area (Å²) in [6.07, 6.45) is 1.83. The van der Waals surface area contributed by atoms with Crippen molar-refractivity contribution in [1.82, 2.24) is 9.88 Å². The number of nitrogens with zero attached hydrogens (tertiary/aromatic N) is 2. The van der Waals surface area contributed by atoms with E-state index in [4.69, 9.17) is 0 Å². The maximum Gasteiger partial charge on any atom is 0.252 e. The molecule has 1 N–H and O–H groups in total. The van der Waals surface area contributed by atoms with Gasteiger partial charge in [-0.05, 0) is 41.9 Å². The van der Waals surface area contributed by atoms with Gasteiger partial charge in [-0.15, -0.1) is 0 Å². The Kier molecular flexibility index (Phi) is 3.65. The number of carbonyl (C=O) groups excluding carboxylic acids is 2. The van der Waals surface area contributed by atoms with E-state index in [1.165, 1.54) is 4.90 Å². The van der Waals surface area contributed by atoms with Crippen LogP contribution in [0.5, 0.6) is 0 Å². The molecule has 1 aromatic heterocycles. The largest absolute Gasteiger partial charge is 0.358 e. The van der Waals surface area contributed by atoms with E-state index in [9.17, 15) is 9.59 Å². The van der Waals surface area contributed by atoms with Crippen LogP contribution in [0, 0.1) is 0 Å². The van der Waals surface area contributed by atoms with Crippen LogP contribution in [-0.4, -0.2) is 33.8 Å². The van der Waals surface area contributed by atoms with Gasteiger partial charge >= 0.3 is 0 Å². The van der Waals surface area contributed by atoms with Crippen LogP contribution in [0.25, 0.3) is 0 Å². The van der Waals surface area contributed by atoms with Crippen molar-refractivity contribution in [3.8, 4) is 0 Å². The molecular formula is C12H14BrN3O2. The molecule has 0 saturated carbocycles. The highest BCUT2D eigenvalue weighted by Crippen LogP contribution is 2.20. The first-order valence-corrected chi connectivity index (χ1v) is 6.52. The molecule has 1 aromatic rings. The summed E-state index contributed by atoms with van der Waals surface area (Å²) >= 11 is 3.29. The number of hydrogen-bond acceptors (Lipinski definition) is 4. The number of nitrogens with one attached hydrogen (secondary N) is 1. The van der Waals surface area contributed by atoms with Crippen molar-refractivity contribution in [3.05, 3.63) is 22.8 Å². The first-order chi connectivity index (χ1) is 8.49. The fraction of sp³-hybridized carbons (Fsp3) is 0.417. The molecule has 0 aromatic carbocycles. The van der Waals surface area contributed by atoms with Gasteiger partial charge in [0, 0.05) is 16.7 Å². The second-order valence-corrected chi connectivity index (χ2v) is 5.37. The summed E-state index contributed by atoms with van der Waals surface area (Å²) in [5.41, 5.74) is 0. The summed E-state index contributed by atoms with van der Waals surface area (Å²) in [5.74, 6) is 0.277. The molecular weight excluding hydrogens is 298 g/mol. The van der Waals surface area contributed by atoms with Crippen molar-refractivity contribution >= 4 is 33.6 Å². The van der Waals surface area contributed by atoms with E-state index in [2.05, 4.69) is 26.2 Å². The Hall–Kier alpha value is -1.43. The fourth-order valence-corrected chi connectivity index (χ4v) is 2.18. The fourth-order valence-electron chi connectivity index (χ4n) is 1.95. The maximum atomic E-state index is 12.0. The zero-order valence-corrected chi connectivity index (χ0v) is 11.8. The van der Waals surface area contributed by atoms with Crippen LogP contribution in [0.2, 0.25) is 0 Å². The van der Waals surface area contributed by atoms with Gasteiger partial charge in [-0.2, -0.15) is 0 Å². The second-order valence-electron chi connectivity index (χ2n) is 4.46. The monoisotopic (exact) mass is 311 g/mol. The molecule has 2 rings (SSSR count). The van der Waals surface area contributed by atoms with Crippen LogP contribution in [0.1, 0.15) is 20.3 Å². The third-order valence-electron chi connectivity index (χ3n) is 2.75. The lowest BCUT2D eigenvalue weighted by molar-refractivity contribution is -0.140. The Morgan fingerprint density at radius 1 is 1.44 bits per heavy atom. The first-order valence-electron chi connectivity index (χ1n) is 5.73. The predicted octanol–water partition coefficient (Wildman–Crippen LogP) is 1.79. The summed E-state index contributed by atoms with van der Waals surface area (Å²) < 4.78 is 0.866. The summed E-state index contributed by atoms with van der Waals surface area (Å²) in [4.78, 5) is 29.2. The minimum Gasteiger partial charge on any atom is -0.358 e. The molecule has 1 atom stereocenters. The molecule has 1 aliphatic heterocycles. The van der Waals surface area contributed by atoms with Crippen molar-refractivity contribution in [1.29, 1.82) is 0 Å². The van der Waals surface area contributed by atoms with Gasteiger partial charge in [0.25, 0.3) is 5.91 Å². The zero-order valence-electron chi connectivity index (χ0n) is 10.2. The molecule has 6 heteroatoms. The number of amides is 2. The van der Waals surface area contributed by atoms with Crippen LogP contribution in [0.4, 0.5) is 5.82 Å². The average Bonchev–Trinajstić information content (AvgIpc) is 2.57. The Bertz CT molecular complexity index is 473. The van der Waals surface area contributed by atoms with Crippen molar-refractivity contribution in [2.45, 2.75) is 32.4 Å². The van der Waals surface area contributed by atoms with E-state index in [1.807, 2.05) is 19.9 Å². The zero-order chi connectivity index (χ0) is 13.3. The third-order valence-corrected chi connectivity index (χ3v) is 3.22. The Morgan fingerprint density at radius 3 is 2.67 bits per heavy atom. The molecule has 0 aliphatic carbocycles. The first kappa shape index (κ1) is 13.0.